The van der Waals surface area contributed by atoms with Gasteiger partial charge in [-0.05, 0) is 38.1 Å². The summed E-state index contributed by atoms with van der Waals surface area (Å²) < 4.78 is 27.5. The number of pyridine rings is 1. The smallest absolute Gasteiger partial charge is 0.271 e. The molecule has 0 aliphatic carbocycles. The van der Waals surface area contributed by atoms with E-state index in [-0.39, 0.29) is 16.5 Å². The van der Waals surface area contributed by atoms with Gasteiger partial charge < -0.3 is 4.90 Å². The summed E-state index contributed by atoms with van der Waals surface area (Å²) in [6.45, 7) is 4.73. The monoisotopic (exact) mass is 357 g/mol. The molecule has 0 N–H and O–H groups in total. The van der Waals surface area contributed by atoms with E-state index in [0.29, 0.717) is 24.0 Å². The standard InChI is InChI=1S/C18H19N3O3S/c1-3-20(4-2)18(22)17-12-14-13-19-11-10-16(14)21(17)25(23,24)15-8-6-5-7-9-15/h5-13H,3-4H2,1-2H3. The molecule has 0 saturated carbocycles. The Hall–Kier alpha value is -2.67. The van der Waals surface area contributed by atoms with Gasteiger partial charge >= 0.3 is 0 Å². The number of carbonyl (C=O) groups excluding carboxylic acids is 1. The van der Waals surface area contributed by atoms with Crippen LogP contribution in [0, 0.1) is 0 Å². The number of aromatic nitrogens is 2. The average Bonchev–Trinajstić information content (AvgIpc) is 3.03. The lowest BCUT2D eigenvalue weighted by molar-refractivity contribution is 0.0766. The van der Waals surface area contributed by atoms with Crippen molar-refractivity contribution in [3.63, 3.8) is 0 Å². The second kappa shape index (κ2) is 6.68. The molecule has 0 fully saturated rings. The third-order valence-electron chi connectivity index (χ3n) is 4.11. The SMILES string of the molecule is CCN(CC)C(=O)c1cc2cnccc2n1S(=O)(=O)c1ccccc1. The highest BCUT2D eigenvalue weighted by Crippen LogP contribution is 2.26. The molecule has 0 radical (unpaired) electrons. The maximum absolute atomic E-state index is 13.2. The van der Waals surface area contributed by atoms with Gasteiger partial charge in [-0.3, -0.25) is 9.78 Å². The molecule has 1 aromatic carbocycles. The summed E-state index contributed by atoms with van der Waals surface area (Å²) in [6, 6.07) is 11.3. The molecule has 0 bridgehead atoms. The van der Waals surface area contributed by atoms with Crippen LogP contribution in [-0.2, 0) is 10.0 Å². The first-order valence-corrected chi connectivity index (χ1v) is 9.50. The zero-order valence-electron chi connectivity index (χ0n) is 14.1. The van der Waals surface area contributed by atoms with E-state index in [1.807, 2.05) is 13.8 Å². The predicted molar refractivity (Wildman–Crippen MR) is 96.0 cm³/mol. The fraction of sp³-hybridized carbons (Fsp3) is 0.222. The molecule has 2 aromatic heterocycles. The molecule has 0 saturated heterocycles. The van der Waals surface area contributed by atoms with Crippen LogP contribution < -0.4 is 0 Å². The van der Waals surface area contributed by atoms with E-state index in [4.69, 9.17) is 0 Å². The number of rotatable bonds is 5. The second-order valence-corrected chi connectivity index (χ2v) is 7.31. The number of hydrogen-bond acceptors (Lipinski definition) is 4. The van der Waals surface area contributed by atoms with Gasteiger partial charge in [0.05, 0.1) is 10.4 Å². The van der Waals surface area contributed by atoms with Crippen LogP contribution in [0.25, 0.3) is 10.9 Å². The molecular weight excluding hydrogens is 338 g/mol. The molecule has 3 aromatic rings. The first-order chi connectivity index (χ1) is 12.0. The van der Waals surface area contributed by atoms with Crippen LogP contribution in [0.1, 0.15) is 24.3 Å². The van der Waals surface area contributed by atoms with E-state index >= 15 is 0 Å². The lowest BCUT2D eigenvalue weighted by Crippen LogP contribution is -2.33. The maximum atomic E-state index is 13.2. The zero-order chi connectivity index (χ0) is 18.0. The van der Waals surface area contributed by atoms with Crippen molar-refractivity contribution in [1.82, 2.24) is 13.9 Å². The van der Waals surface area contributed by atoms with Gasteiger partial charge in [0.2, 0.25) is 0 Å². The molecule has 0 spiro atoms. The summed E-state index contributed by atoms with van der Waals surface area (Å²) in [5, 5.41) is 0.609. The Morgan fingerprint density at radius 3 is 2.44 bits per heavy atom. The van der Waals surface area contributed by atoms with Gasteiger partial charge in [-0.1, -0.05) is 18.2 Å². The second-order valence-electron chi connectivity index (χ2n) is 5.52. The Bertz CT molecular complexity index is 1010. The normalized spacial score (nSPS) is 11.6. The third kappa shape index (κ3) is 2.91. The molecule has 2 heterocycles. The van der Waals surface area contributed by atoms with Gasteiger partial charge in [0, 0.05) is 30.9 Å². The van der Waals surface area contributed by atoms with Crippen molar-refractivity contribution in [2.75, 3.05) is 13.1 Å². The minimum Gasteiger partial charge on any atom is -0.338 e. The average molecular weight is 357 g/mol. The van der Waals surface area contributed by atoms with E-state index in [9.17, 15) is 13.2 Å². The quantitative estimate of drug-likeness (QED) is 0.704. The number of hydrogen-bond donors (Lipinski definition) is 0. The summed E-state index contributed by atoms with van der Waals surface area (Å²) in [4.78, 5) is 18.7. The fourth-order valence-corrected chi connectivity index (χ4v) is 4.34. The van der Waals surface area contributed by atoms with Crippen molar-refractivity contribution < 1.29 is 13.2 Å². The van der Waals surface area contributed by atoms with Crippen molar-refractivity contribution in [3.05, 3.63) is 60.6 Å². The van der Waals surface area contributed by atoms with Crippen LogP contribution in [0.2, 0.25) is 0 Å². The van der Waals surface area contributed by atoms with Crippen LogP contribution >= 0.6 is 0 Å². The van der Waals surface area contributed by atoms with Crippen molar-refractivity contribution in [3.8, 4) is 0 Å². The summed E-state index contributed by atoms with van der Waals surface area (Å²) >= 11 is 0. The van der Waals surface area contributed by atoms with E-state index in [1.165, 1.54) is 18.3 Å². The van der Waals surface area contributed by atoms with Crippen LogP contribution in [-0.4, -0.2) is 41.3 Å². The first kappa shape index (κ1) is 17.2. The fourth-order valence-electron chi connectivity index (χ4n) is 2.81. The lowest BCUT2D eigenvalue weighted by Gasteiger charge is -2.20. The van der Waals surface area contributed by atoms with Gasteiger partial charge in [0.25, 0.3) is 15.9 Å². The van der Waals surface area contributed by atoms with E-state index in [0.717, 1.165) is 3.97 Å². The van der Waals surface area contributed by atoms with Gasteiger partial charge in [-0.25, -0.2) is 12.4 Å². The molecule has 1 amide bonds. The number of nitrogens with zero attached hydrogens (tertiary/aromatic N) is 3. The highest BCUT2D eigenvalue weighted by atomic mass is 32.2. The Labute approximate surface area is 146 Å². The van der Waals surface area contributed by atoms with Crippen molar-refractivity contribution in [2.24, 2.45) is 0 Å². The Morgan fingerprint density at radius 1 is 1.12 bits per heavy atom. The number of carbonyl (C=O) groups is 1. The Balaban J connectivity index is 2.30. The molecule has 25 heavy (non-hydrogen) atoms. The first-order valence-electron chi connectivity index (χ1n) is 8.06. The van der Waals surface area contributed by atoms with Crippen molar-refractivity contribution >= 4 is 26.8 Å². The van der Waals surface area contributed by atoms with Crippen LogP contribution in [0.5, 0.6) is 0 Å². The van der Waals surface area contributed by atoms with Crippen LogP contribution in [0.15, 0.2) is 59.8 Å². The van der Waals surface area contributed by atoms with Gasteiger partial charge in [0.1, 0.15) is 5.69 Å². The molecule has 6 nitrogen and oxygen atoms in total. The predicted octanol–water partition coefficient (Wildman–Crippen LogP) is 2.76. The van der Waals surface area contributed by atoms with Crippen molar-refractivity contribution in [2.45, 2.75) is 18.7 Å². The summed E-state index contributed by atoms with van der Waals surface area (Å²) in [7, 11) is -3.91. The van der Waals surface area contributed by atoms with Crippen LogP contribution in [0.4, 0.5) is 0 Å². The highest BCUT2D eigenvalue weighted by molar-refractivity contribution is 7.90. The topological polar surface area (TPSA) is 72.3 Å². The van der Waals surface area contributed by atoms with E-state index in [1.54, 1.807) is 41.4 Å². The molecule has 7 heteroatoms. The largest absolute Gasteiger partial charge is 0.338 e. The highest BCUT2D eigenvalue weighted by Gasteiger charge is 2.28. The van der Waals surface area contributed by atoms with Crippen LogP contribution in [0.3, 0.4) is 0 Å². The Kier molecular flexibility index (Phi) is 4.59. The van der Waals surface area contributed by atoms with Gasteiger partial charge in [0.15, 0.2) is 0 Å². The molecule has 0 unspecified atom stereocenters. The number of fused-ring (bicyclic) bond motifs is 1. The summed E-state index contributed by atoms with van der Waals surface area (Å²) in [5.41, 5.74) is 0.560. The van der Waals surface area contributed by atoms with Crippen molar-refractivity contribution in [1.29, 1.82) is 0 Å². The van der Waals surface area contributed by atoms with Gasteiger partial charge in [-0.2, -0.15) is 0 Å². The minimum absolute atomic E-state index is 0.121. The summed E-state index contributed by atoms with van der Waals surface area (Å²) in [5.74, 6) is -0.319. The van der Waals surface area contributed by atoms with E-state index < -0.39 is 10.0 Å². The molecular formula is C18H19N3O3S. The van der Waals surface area contributed by atoms with Gasteiger partial charge in [-0.15, -0.1) is 0 Å². The minimum atomic E-state index is -3.91. The molecule has 0 aliphatic rings. The zero-order valence-corrected chi connectivity index (χ0v) is 14.9. The van der Waals surface area contributed by atoms with E-state index in [2.05, 4.69) is 4.98 Å². The lowest BCUT2D eigenvalue weighted by atomic mass is 10.3. The number of amides is 1. The Morgan fingerprint density at radius 2 is 1.80 bits per heavy atom. The molecule has 130 valence electrons. The maximum Gasteiger partial charge on any atom is 0.271 e. The molecule has 3 rings (SSSR count). The molecule has 0 aliphatic heterocycles. The third-order valence-corrected chi connectivity index (χ3v) is 5.85. The summed E-state index contributed by atoms with van der Waals surface area (Å²) in [6.07, 6.45) is 3.08. The molecule has 0 atom stereocenters. The number of benzene rings is 1.